The SMILES string of the molecule is c1ccc2c(c1)c1cccc3ncn(c4cccc5ncn2c54)c31. The summed E-state index contributed by atoms with van der Waals surface area (Å²) in [6.07, 6.45) is 3.82. The van der Waals surface area contributed by atoms with Crippen molar-refractivity contribution in [2.75, 3.05) is 0 Å². The van der Waals surface area contributed by atoms with E-state index in [-0.39, 0.29) is 0 Å². The fourth-order valence-corrected chi connectivity index (χ4v) is 3.80. The first kappa shape index (κ1) is 12.1. The van der Waals surface area contributed by atoms with E-state index in [2.05, 4.69) is 79.4 Å². The zero-order chi connectivity index (χ0) is 15.7. The highest BCUT2D eigenvalue weighted by Gasteiger charge is 2.12. The molecule has 3 heterocycles. The average Bonchev–Trinajstić information content (AvgIpc) is 3.24. The third kappa shape index (κ3) is 1.34. The van der Waals surface area contributed by atoms with Crippen LogP contribution in [0.4, 0.5) is 0 Å². The van der Waals surface area contributed by atoms with Gasteiger partial charge in [0.15, 0.2) is 0 Å². The second kappa shape index (κ2) is 4.11. The van der Waals surface area contributed by atoms with Gasteiger partial charge in [0.05, 0.1) is 33.1 Å². The highest BCUT2D eigenvalue weighted by molar-refractivity contribution is 6.11. The van der Waals surface area contributed by atoms with Crippen LogP contribution >= 0.6 is 0 Å². The van der Waals surface area contributed by atoms with E-state index in [0.29, 0.717) is 0 Å². The van der Waals surface area contributed by atoms with Gasteiger partial charge in [0.25, 0.3) is 0 Å². The molecule has 6 rings (SSSR count). The lowest BCUT2D eigenvalue weighted by atomic mass is 10.1. The number of imidazole rings is 2. The monoisotopic (exact) mass is 308 g/mol. The van der Waals surface area contributed by atoms with Gasteiger partial charge in [-0.25, -0.2) is 9.97 Å². The van der Waals surface area contributed by atoms with Crippen molar-refractivity contribution in [1.29, 1.82) is 0 Å². The molecule has 112 valence electrons. The molecule has 0 N–H and O–H groups in total. The van der Waals surface area contributed by atoms with Crippen LogP contribution in [0.1, 0.15) is 0 Å². The number of aromatic nitrogens is 4. The van der Waals surface area contributed by atoms with Crippen molar-refractivity contribution in [3.63, 3.8) is 0 Å². The molecule has 3 aromatic carbocycles. The molecular weight excluding hydrogens is 296 g/mol. The maximum atomic E-state index is 4.62. The van der Waals surface area contributed by atoms with Crippen LogP contribution < -0.4 is 0 Å². The van der Waals surface area contributed by atoms with Gasteiger partial charge >= 0.3 is 0 Å². The van der Waals surface area contributed by atoms with E-state index in [1.807, 2.05) is 12.7 Å². The van der Waals surface area contributed by atoms with Crippen LogP contribution in [0, 0.1) is 0 Å². The van der Waals surface area contributed by atoms with Gasteiger partial charge in [0, 0.05) is 10.8 Å². The summed E-state index contributed by atoms with van der Waals surface area (Å²) in [6, 6.07) is 21.0. The molecule has 0 fully saturated rings. The smallest absolute Gasteiger partial charge is 0.100 e. The van der Waals surface area contributed by atoms with Gasteiger partial charge < -0.3 is 0 Å². The molecule has 0 aliphatic heterocycles. The average molecular weight is 308 g/mol. The molecule has 0 bridgehead atoms. The Hall–Kier alpha value is -3.40. The van der Waals surface area contributed by atoms with Crippen LogP contribution in [0.5, 0.6) is 0 Å². The summed E-state index contributed by atoms with van der Waals surface area (Å²) < 4.78 is 4.36. The third-order valence-corrected chi connectivity index (χ3v) is 4.83. The number of para-hydroxylation sites is 3. The summed E-state index contributed by atoms with van der Waals surface area (Å²) in [5.74, 6) is 0. The molecule has 0 atom stereocenters. The van der Waals surface area contributed by atoms with Crippen molar-refractivity contribution in [3.05, 3.63) is 73.3 Å². The van der Waals surface area contributed by atoms with Crippen molar-refractivity contribution in [1.82, 2.24) is 18.8 Å². The van der Waals surface area contributed by atoms with Crippen molar-refractivity contribution in [3.8, 4) is 0 Å². The molecule has 6 aromatic rings. The Morgan fingerprint density at radius 3 is 2.04 bits per heavy atom. The van der Waals surface area contributed by atoms with Crippen LogP contribution in [0.15, 0.2) is 73.3 Å². The lowest BCUT2D eigenvalue weighted by Gasteiger charge is -2.08. The fraction of sp³-hybridized carbons (Fsp3) is 0. The molecule has 0 radical (unpaired) electrons. The maximum Gasteiger partial charge on any atom is 0.100 e. The van der Waals surface area contributed by atoms with Gasteiger partial charge in [-0.2, -0.15) is 0 Å². The van der Waals surface area contributed by atoms with Crippen molar-refractivity contribution in [2.45, 2.75) is 0 Å². The van der Waals surface area contributed by atoms with Gasteiger partial charge in [-0.05, 0) is 24.3 Å². The van der Waals surface area contributed by atoms with E-state index in [1.54, 1.807) is 0 Å². The van der Waals surface area contributed by atoms with Gasteiger partial charge in [-0.15, -0.1) is 0 Å². The molecule has 0 unspecified atom stereocenters. The number of hydrogen-bond donors (Lipinski definition) is 0. The minimum absolute atomic E-state index is 0.989. The fourth-order valence-electron chi connectivity index (χ4n) is 3.80. The molecule has 0 saturated carbocycles. The maximum absolute atomic E-state index is 4.62. The standard InChI is InChI=1S/C20H12N4/c1-2-9-17-13(5-1)14-6-3-7-15-19(14)24(12-21-15)18-10-4-8-16-20(18)23(17)11-22-16/h1-12H. The van der Waals surface area contributed by atoms with E-state index in [9.17, 15) is 0 Å². The molecule has 0 aliphatic carbocycles. The Balaban J connectivity index is 2.17. The zero-order valence-electron chi connectivity index (χ0n) is 12.7. The van der Waals surface area contributed by atoms with E-state index in [0.717, 1.165) is 33.1 Å². The van der Waals surface area contributed by atoms with Crippen molar-refractivity contribution < 1.29 is 0 Å². The normalized spacial score (nSPS) is 12.2. The Morgan fingerprint density at radius 2 is 1.17 bits per heavy atom. The van der Waals surface area contributed by atoms with Crippen LogP contribution in [-0.4, -0.2) is 18.8 Å². The Kier molecular flexibility index (Phi) is 2.07. The molecule has 0 amide bonds. The summed E-state index contributed by atoms with van der Waals surface area (Å²) in [7, 11) is 0. The number of nitrogens with zero attached hydrogens (tertiary/aromatic N) is 4. The van der Waals surface area contributed by atoms with E-state index in [4.69, 9.17) is 0 Å². The summed E-state index contributed by atoms with van der Waals surface area (Å²) in [6.45, 7) is 0. The Morgan fingerprint density at radius 1 is 0.542 bits per heavy atom. The zero-order valence-corrected chi connectivity index (χ0v) is 12.7. The summed E-state index contributed by atoms with van der Waals surface area (Å²) in [5.41, 5.74) is 6.50. The van der Waals surface area contributed by atoms with Crippen LogP contribution in [0.25, 0.3) is 43.9 Å². The summed E-state index contributed by atoms with van der Waals surface area (Å²) >= 11 is 0. The number of fused-ring (bicyclic) bond motifs is 4. The predicted octanol–water partition coefficient (Wildman–Crippen LogP) is 4.44. The number of rotatable bonds is 0. The highest BCUT2D eigenvalue weighted by atomic mass is 15.0. The Bertz CT molecular complexity index is 1390. The van der Waals surface area contributed by atoms with Crippen molar-refractivity contribution >= 4 is 43.9 Å². The first-order valence-corrected chi connectivity index (χ1v) is 7.94. The quantitative estimate of drug-likeness (QED) is 0.416. The van der Waals surface area contributed by atoms with Crippen LogP contribution in [-0.2, 0) is 0 Å². The molecule has 0 aliphatic rings. The lowest BCUT2D eigenvalue weighted by Crippen LogP contribution is -1.92. The molecule has 3 aromatic heterocycles. The minimum Gasteiger partial charge on any atom is -0.296 e. The molecule has 24 heavy (non-hydrogen) atoms. The van der Waals surface area contributed by atoms with Gasteiger partial charge in [-0.1, -0.05) is 36.4 Å². The second-order valence-corrected chi connectivity index (χ2v) is 6.06. The molecule has 0 saturated heterocycles. The third-order valence-electron chi connectivity index (χ3n) is 4.83. The second-order valence-electron chi connectivity index (χ2n) is 6.06. The van der Waals surface area contributed by atoms with Crippen molar-refractivity contribution in [2.24, 2.45) is 0 Å². The number of hydrogen-bond acceptors (Lipinski definition) is 2. The van der Waals surface area contributed by atoms with E-state index in [1.165, 1.54) is 10.8 Å². The first-order valence-electron chi connectivity index (χ1n) is 7.94. The summed E-state index contributed by atoms with van der Waals surface area (Å²) in [4.78, 5) is 9.24. The molecular formula is C20H12N4. The number of benzene rings is 3. The minimum atomic E-state index is 0.989. The topological polar surface area (TPSA) is 34.6 Å². The van der Waals surface area contributed by atoms with Gasteiger partial charge in [0.1, 0.15) is 12.7 Å². The predicted molar refractivity (Wildman–Crippen MR) is 96.5 cm³/mol. The van der Waals surface area contributed by atoms with Gasteiger partial charge in [0.2, 0.25) is 0 Å². The van der Waals surface area contributed by atoms with E-state index >= 15 is 0 Å². The lowest BCUT2D eigenvalue weighted by molar-refractivity contribution is 1.19. The molecule has 4 nitrogen and oxygen atoms in total. The van der Waals surface area contributed by atoms with Crippen LogP contribution in [0.3, 0.4) is 0 Å². The Labute approximate surface area is 136 Å². The largest absolute Gasteiger partial charge is 0.296 e. The van der Waals surface area contributed by atoms with Gasteiger partial charge in [-0.3, -0.25) is 8.80 Å². The van der Waals surface area contributed by atoms with Crippen LogP contribution in [0.2, 0.25) is 0 Å². The summed E-state index contributed by atoms with van der Waals surface area (Å²) in [5, 5.41) is 2.38. The first-order chi connectivity index (χ1) is 11.9. The highest BCUT2D eigenvalue weighted by Crippen LogP contribution is 2.30. The molecule has 4 heteroatoms. The molecule has 0 spiro atoms. The van der Waals surface area contributed by atoms with E-state index < -0.39 is 0 Å².